The van der Waals surface area contributed by atoms with Gasteiger partial charge < -0.3 is 4.57 Å². The first-order valence-corrected chi connectivity index (χ1v) is 6.61. The Hall–Kier alpha value is -1.68. The average molecular weight is 322 g/mol. The standard InChI is InChI=1S/C15H10BrF2N/c16-12-2-4-15-11(8-12)5-6-19(15)9-10-1-3-13(17)14(18)7-10/h1-8H,9H2. The molecule has 2 aromatic carbocycles. The van der Waals surface area contributed by atoms with Crippen LogP contribution in [0.4, 0.5) is 8.78 Å². The molecule has 3 aromatic rings. The lowest BCUT2D eigenvalue weighted by Gasteiger charge is -2.06. The van der Waals surface area contributed by atoms with E-state index in [1.54, 1.807) is 6.07 Å². The lowest BCUT2D eigenvalue weighted by atomic mass is 10.2. The van der Waals surface area contributed by atoms with E-state index in [-0.39, 0.29) is 0 Å². The van der Waals surface area contributed by atoms with Gasteiger partial charge in [0.25, 0.3) is 0 Å². The molecule has 0 aliphatic heterocycles. The summed E-state index contributed by atoms with van der Waals surface area (Å²) in [4.78, 5) is 0. The zero-order chi connectivity index (χ0) is 13.4. The van der Waals surface area contributed by atoms with Crippen LogP contribution >= 0.6 is 15.9 Å². The third-order valence-corrected chi connectivity index (χ3v) is 3.56. The molecule has 4 heteroatoms. The van der Waals surface area contributed by atoms with E-state index in [1.807, 2.05) is 35.0 Å². The molecule has 0 saturated heterocycles. The van der Waals surface area contributed by atoms with Crippen molar-refractivity contribution < 1.29 is 8.78 Å². The second-order valence-electron chi connectivity index (χ2n) is 4.40. The molecule has 96 valence electrons. The SMILES string of the molecule is Fc1ccc(Cn2ccc3cc(Br)ccc32)cc1F. The highest BCUT2D eigenvalue weighted by Crippen LogP contribution is 2.22. The molecular weight excluding hydrogens is 312 g/mol. The van der Waals surface area contributed by atoms with Crippen molar-refractivity contribution in [2.75, 3.05) is 0 Å². The maximum atomic E-state index is 13.2. The molecule has 0 aliphatic carbocycles. The minimum absolute atomic E-state index is 0.516. The Morgan fingerprint density at radius 2 is 1.79 bits per heavy atom. The third kappa shape index (κ3) is 2.40. The summed E-state index contributed by atoms with van der Waals surface area (Å²) in [5.74, 6) is -1.62. The Labute approximate surface area is 117 Å². The summed E-state index contributed by atoms with van der Waals surface area (Å²) in [6, 6.07) is 12.0. The van der Waals surface area contributed by atoms with E-state index >= 15 is 0 Å². The number of aromatic nitrogens is 1. The monoisotopic (exact) mass is 321 g/mol. The van der Waals surface area contributed by atoms with Crippen molar-refractivity contribution in [2.45, 2.75) is 6.54 Å². The minimum Gasteiger partial charge on any atom is -0.343 e. The van der Waals surface area contributed by atoms with E-state index in [2.05, 4.69) is 15.9 Å². The van der Waals surface area contributed by atoms with E-state index in [0.29, 0.717) is 6.54 Å². The predicted octanol–water partition coefficient (Wildman–Crippen LogP) is 4.73. The van der Waals surface area contributed by atoms with Crippen LogP contribution in [0.5, 0.6) is 0 Å². The van der Waals surface area contributed by atoms with E-state index in [1.165, 1.54) is 6.07 Å². The Balaban J connectivity index is 1.98. The maximum Gasteiger partial charge on any atom is 0.159 e. The molecule has 0 spiro atoms. The van der Waals surface area contributed by atoms with Crippen LogP contribution in [0.3, 0.4) is 0 Å². The summed E-state index contributed by atoms with van der Waals surface area (Å²) in [6.07, 6.45) is 1.94. The first-order chi connectivity index (χ1) is 9.13. The molecule has 0 atom stereocenters. The van der Waals surface area contributed by atoms with E-state index in [9.17, 15) is 8.78 Å². The van der Waals surface area contributed by atoms with Gasteiger partial charge in [0, 0.05) is 28.1 Å². The Bertz CT molecular complexity index is 749. The van der Waals surface area contributed by atoms with Crippen LogP contribution in [0, 0.1) is 11.6 Å². The summed E-state index contributed by atoms with van der Waals surface area (Å²) in [6.45, 7) is 0.516. The van der Waals surface area contributed by atoms with Crippen molar-refractivity contribution in [1.82, 2.24) is 4.57 Å². The molecule has 0 unspecified atom stereocenters. The number of rotatable bonds is 2. The third-order valence-electron chi connectivity index (χ3n) is 3.07. The Kier molecular flexibility index (Phi) is 3.11. The normalized spacial score (nSPS) is 11.1. The van der Waals surface area contributed by atoms with Gasteiger partial charge in [-0.2, -0.15) is 0 Å². The topological polar surface area (TPSA) is 4.93 Å². The number of nitrogens with zero attached hydrogens (tertiary/aromatic N) is 1. The van der Waals surface area contributed by atoms with Gasteiger partial charge >= 0.3 is 0 Å². The highest BCUT2D eigenvalue weighted by molar-refractivity contribution is 9.10. The Morgan fingerprint density at radius 1 is 0.947 bits per heavy atom. The highest BCUT2D eigenvalue weighted by atomic mass is 79.9. The fourth-order valence-electron chi connectivity index (χ4n) is 2.14. The number of hydrogen-bond donors (Lipinski definition) is 0. The van der Waals surface area contributed by atoms with Crippen molar-refractivity contribution in [2.24, 2.45) is 0 Å². The fourth-order valence-corrected chi connectivity index (χ4v) is 2.52. The van der Waals surface area contributed by atoms with Gasteiger partial charge in [0.05, 0.1) is 0 Å². The molecule has 19 heavy (non-hydrogen) atoms. The molecule has 0 bridgehead atoms. The van der Waals surface area contributed by atoms with Crippen LogP contribution in [0.25, 0.3) is 10.9 Å². The summed E-state index contributed by atoms with van der Waals surface area (Å²) in [5.41, 5.74) is 1.80. The van der Waals surface area contributed by atoms with Crippen molar-refractivity contribution in [1.29, 1.82) is 0 Å². The first kappa shape index (κ1) is 12.4. The molecule has 0 saturated carbocycles. The molecule has 1 heterocycles. The van der Waals surface area contributed by atoms with Crippen LogP contribution in [0.2, 0.25) is 0 Å². The molecule has 0 amide bonds. The molecule has 0 N–H and O–H groups in total. The zero-order valence-corrected chi connectivity index (χ0v) is 11.5. The number of fused-ring (bicyclic) bond motifs is 1. The second kappa shape index (κ2) is 4.78. The predicted molar refractivity (Wildman–Crippen MR) is 75.1 cm³/mol. The number of hydrogen-bond acceptors (Lipinski definition) is 0. The van der Waals surface area contributed by atoms with Crippen molar-refractivity contribution >= 4 is 26.8 Å². The van der Waals surface area contributed by atoms with Crippen LogP contribution in [-0.2, 0) is 6.54 Å². The van der Waals surface area contributed by atoms with Crippen molar-refractivity contribution in [3.05, 3.63) is 70.3 Å². The second-order valence-corrected chi connectivity index (χ2v) is 5.31. The molecule has 0 fully saturated rings. The summed E-state index contributed by atoms with van der Waals surface area (Å²) < 4.78 is 29.1. The van der Waals surface area contributed by atoms with Crippen LogP contribution < -0.4 is 0 Å². The van der Waals surface area contributed by atoms with Crippen molar-refractivity contribution in [3.63, 3.8) is 0 Å². The molecule has 0 aliphatic rings. The van der Waals surface area contributed by atoms with Gasteiger partial charge in [-0.3, -0.25) is 0 Å². The van der Waals surface area contributed by atoms with Gasteiger partial charge in [-0.05, 0) is 42.0 Å². The largest absolute Gasteiger partial charge is 0.343 e. The minimum atomic E-state index is -0.815. The molecular formula is C15H10BrF2N. The quantitative estimate of drug-likeness (QED) is 0.643. The van der Waals surface area contributed by atoms with Gasteiger partial charge in [0.1, 0.15) is 0 Å². The van der Waals surface area contributed by atoms with E-state index in [4.69, 9.17) is 0 Å². The molecule has 1 nitrogen and oxygen atoms in total. The van der Waals surface area contributed by atoms with Crippen LogP contribution in [0.15, 0.2) is 53.1 Å². The average Bonchev–Trinajstić information content (AvgIpc) is 2.76. The van der Waals surface area contributed by atoms with E-state index < -0.39 is 11.6 Å². The molecule has 0 radical (unpaired) electrons. The van der Waals surface area contributed by atoms with Crippen LogP contribution in [-0.4, -0.2) is 4.57 Å². The van der Waals surface area contributed by atoms with Gasteiger partial charge in [-0.15, -0.1) is 0 Å². The summed E-state index contributed by atoms with van der Waals surface area (Å²) in [7, 11) is 0. The Morgan fingerprint density at radius 3 is 2.58 bits per heavy atom. The van der Waals surface area contributed by atoms with Gasteiger partial charge in [0.15, 0.2) is 11.6 Å². The maximum absolute atomic E-state index is 13.2. The van der Waals surface area contributed by atoms with Crippen molar-refractivity contribution in [3.8, 4) is 0 Å². The van der Waals surface area contributed by atoms with Gasteiger partial charge in [-0.1, -0.05) is 22.0 Å². The van der Waals surface area contributed by atoms with Gasteiger partial charge in [0.2, 0.25) is 0 Å². The summed E-state index contributed by atoms with van der Waals surface area (Å²) >= 11 is 3.43. The van der Waals surface area contributed by atoms with Crippen LogP contribution in [0.1, 0.15) is 5.56 Å². The number of halogens is 3. The highest BCUT2D eigenvalue weighted by Gasteiger charge is 2.05. The first-order valence-electron chi connectivity index (χ1n) is 5.82. The smallest absolute Gasteiger partial charge is 0.159 e. The lowest BCUT2D eigenvalue weighted by Crippen LogP contribution is -1.99. The fraction of sp³-hybridized carbons (Fsp3) is 0.0667. The molecule has 1 aromatic heterocycles. The van der Waals surface area contributed by atoms with Gasteiger partial charge in [-0.25, -0.2) is 8.78 Å². The lowest BCUT2D eigenvalue weighted by molar-refractivity contribution is 0.506. The zero-order valence-electron chi connectivity index (χ0n) is 9.91. The number of benzene rings is 2. The summed E-state index contributed by atoms with van der Waals surface area (Å²) in [5, 5.41) is 1.11. The molecule has 3 rings (SSSR count). The van der Waals surface area contributed by atoms with E-state index in [0.717, 1.165) is 27.0 Å².